The number of carboxylic acid groups (broad SMARTS) is 1. The highest BCUT2D eigenvalue weighted by atomic mass is 32.1. The highest BCUT2D eigenvalue weighted by Gasteiger charge is 2.43. The van der Waals surface area contributed by atoms with Crippen LogP contribution in [0.3, 0.4) is 0 Å². The third-order valence-corrected chi connectivity index (χ3v) is 10.3. The summed E-state index contributed by atoms with van der Waals surface area (Å²) < 4.78 is 0. The molecule has 0 aliphatic carbocycles. The van der Waals surface area contributed by atoms with E-state index in [0.717, 1.165) is 16.1 Å². The molecule has 2 saturated heterocycles. The maximum Gasteiger partial charge on any atom is 0.326 e. The van der Waals surface area contributed by atoms with E-state index >= 15 is 0 Å². The van der Waals surface area contributed by atoms with Gasteiger partial charge in [0.15, 0.2) is 0 Å². The van der Waals surface area contributed by atoms with E-state index in [4.69, 9.17) is 0 Å². The van der Waals surface area contributed by atoms with Gasteiger partial charge in [-0.2, -0.15) is 0 Å². The average Bonchev–Trinajstić information content (AvgIpc) is 3.69. The molecule has 2 fully saturated rings. The van der Waals surface area contributed by atoms with Crippen molar-refractivity contribution in [1.29, 1.82) is 0 Å². The van der Waals surface area contributed by atoms with E-state index < -0.39 is 42.0 Å². The number of nitrogens with zero attached hydrogens (tertiary/aromatic N) is 2. The molecule has 3 aromatic rings. The molecule has 51 heavy (non-hydrogen) atoms. The van der Waals surface area contributed by atoms with Crippen molar-refractivity contribution >= 4 is 46.8 Å². The number of nitrogens with one attached hydrogen (secondary N) is 4. The number of aliphatic carboxylic acids is 1. The van der Waals surface area contributed by atoms with E-state index in [0.29, 0.717) is 30.0 Å². The van der Waals surface area contributed by atoms with Crippen molar-refractivity contribution in [2.45, 2.75) is 88.9 Å². The number of amides is 5. The second-order valence-corrected chi connectivity index (χ2v) is 14.2. The number of benzene rings is 2. The molecule has 0 bridgehead atoms. The van der Waals surface area contributed by atoms with Gasteiger partial charge in [-0.3, -0.25) is 24.0 Å². The third-order valence-electron chi connectivity index (χ3n) is 9.27. The Morgan fingerprint density at radius 3 is 2.24 bits per heavy atom. The van der Waals surface area contributed by atoms with E-state index in [2.05, 4.69) is 26.3 Å². The zero-order valence-electron chi connectivity index (χ0n) is 28.7. The number of hydrogen-bond acceptors (Lipinski definition) is 8. The molecule has 5 amide bonds. The van der Waals surface area contributed by atoms with Crippen LogP contribution in [0, 0.1) is 13.8 Å². The number of fused-ring (bicyclic) bond motifs is 1. The number of hydrogen-bond donors (Lipinski definition) is 5. The first-order valence-corrected chi connectivity index (χ1v) is 18.1. The zero-order chi connectivity index (χ0) is 36.5. The van der Waals surface area contributed by atoms with Gasteiger partial charge < -0.3 is 31.3 Å². The molecule has 0 radical (unpaired) electrons. The first kappa shape index (κ1) is 37.2. The lowest BCUT2D eigenvalue weighted by Gasteiger charge is -2.30. The Labute approximate surface area is 300 Å². The molecule has 0 unspecified atom stereocenters. The molecular formula is C37H44N6O7S. The molecular weight excluding hydrogens is 673 g/mol. The SMILES string of the molecule is Cc1nc(C)c(C(=O)N[C@@H]2C[C@H]3C(=O)N[C@H](C(=O)O)CCC(=O)NCCCC[C@H](NC(=O)CC(c4ccccc4)c4ccccc4)C(=O)N3C2)s1. The quantitative estimate of drug-likeness (QED) is 0.236. The summed E-state index contributed by atoms with van der Waals surface area (Å²) in [5, 5.41) is 21.7. The normalized spacial score (nSPS) is 21.9. The van der Waals surface area contributed by atoms with Gasteiger partial charge in [0.05, 0.1) is 10.7 Å². The minimum absolute atomic E-state index is 0.0255. The highest BCUT2D eigenvalue weighted by molar-refractivity contribution is 7.13. The van der Waals surface area contributed by atoms with E-state index in [9.17, 15) is 33.9 Å². The second-order valence-electron chi connectivity index (χ2n) is 13.0. The smallest absolute Gasteiger partial charge is 0.326 e. The van der Waals surface area contributed by atoms with E-state index in [1.54, 1.807) is 13.8 Å². The maximum absolute atomic E-state index is 14.4. The number of thiazole rings is 1. The zero-order valence-corrected chi connectivity index (χ0v) is 29.5. The maximum atomic E-state index is 14.4. The summed E-state index contributed by atoms with van der Waals surface area (Å²) in [6, 6.07) is 15.1. The molecule has 14 heteroatoms. The summed E-state index contributed by atoms with van der Waals surface area (Å²) in [7, 11) is 0. The van der Waals surface area contributed by atoms with Gasteiger partial charge in [-0.25, -0.2) is 9.78 Å². The first-order chi connectivity index (χ1) is 24.5. The topological polar surface area (TPSA) is 187 Å². The van der Waals surface area contributed by atoms with Crippen LogP contribution in [0.15, 0.2) is 60.7 Å². The largest absolute Gasteiger partial charge is 0.480 e. The summed E-state index contributed by atoms with van der Waals surface area (Å²) in [5.41, 5.74) is 2.45. The van der Waals surface area contributed by atoms with Crippen molar-refractivity contribution in [3.05, 3.63) is 87.4 Å². The Hall–Kier alpha value is -5.11. The van der Waals surface area contributed by atoms with Gasteiger partial charge in [0.2, 0.25) is 23.6 Å². The van der Waals surface area contributed by atoms with Gasteiger partial charge in [-0.1, -0.05) is 60.7 Å². The van der Waals surface area contributed by atoms with Crippen LogP contribution >= 0.6 is 11.3 Å². The number of carbonyl (C=O) groups excluding carboxylic acids is 5. The summed E-state index contributed by atoms with van der Waals surface area (Å²) in [6.45, 7) is 3.80. The molecule has 270 valence electrons. The fourth-order valence-electron chi connectivity index (χ4n) is 6.71. The van der Waals surface area contributed by atoms with E-state index in [-0.39, 0.29) is 62.3 Å². The molecule has 3 heterocycles. The van der Waals surface area contributed by atoms with Gasteiger partial charge in [-0.05, 0) is 57.1 Å². The number of aryl methyl sites for hydroxylation is 2. The number of carbonyl (C=O) groups is 6. The first-order valence-electron chi connectivity index (χ1n) is 17.2. The van der Waals surface area contributed by atoms with Crippen LogP contribution in [0.5, 0.6) is 0 Å². The molecule has 0 spiro atoms. The number of aromatic nitrogens is 1. The van der Waals surface area contributed by atoms with Crippen LogP contribution in [-0.4, -0.2) is 87.8 Å². The minimum atomic E-state index is -1.37. The molecule has 5 N–H and O–H groups in total. The fraction of sp³-hybridized carbons (Fsp3) is 0.432. The molecule has 1 aromatic heterocycles. The minimum Gasteiger partial charge on any atom is -0.480 e. The van der Waals surface area contributed by atoms with Crippen LogP contribution in [0.4, 0.5) is 0 Å². The standard InChI is InChI=1S/C37H44N6O7S/c1-22-33(51-23(2)39-22)35(47)40-26-19-30-34(46)42-29(37(49)50)16-17-31(44)38-18-10-9-15-28(36(48)43(30)21-26)41-32(45)20-27(24-11-5-3-6-12-24)25-13-7-4-8-14-25/h3-8,11-14,26-30H,9-10,15-21H2,1-2H3,(H,38,44)(H,40,47)(H,41,45)(H,42,46)(H,49,50)/t26-,28+,29+,30+/m1/s1. The van der Waals surface area contributed by atoms with E-state index in [1.165, 1.54) is 16.2 Å². The van der Waals surface area contributed by atoms with Crippen molar-refractivity contribution in [3.8, 4) is 0 Å². The van der Waals surface area contributed by atoms with Crippen molar-refractivity contribution in [1.82, 2.24) is 31.2 Å². The number of rotatable bonds is 8. The lowest BCUT2D eigenvalue weighted by atomic mass is 9.88. The van der Waals surface area contributed by atoms with Gasteiger partial charge in [0, 0.05) is 37.9 Å². The molecule has 2 aromatic carbocycles. The lowest BCUT2D eigenvalue weighted by Crippen LogP contribution is -2.55. The molecule has 4 atom stereocenters. The van der Waals surface area contributed by atoms with Crippen LogP contribution in [0.1, 0.15) is 82.4 Å². The summed E-state index contributed by atoms with van der Waals surface area (Å²) in [5.74, 6) is -3.91. The highest BCUT2D eigenvalue weighted by Crippen LogP contribution is 2.29. The fourth-order valence-corrected chi connectivity index (χ4v) is 7.53. The van der Waals surface area contributed by atoms with Gasteiger partial charge in [0.25, 0.3) is 5.91 Å². The molecule has 0 saturated carbocycles. The molecule has 2 aliphatic rings. The molecule has 5 rings (SSSR count). The summed E-state index contributed by atoms with van der Waals surface area (Å²) >= 11 is 1.24. The van der Waals surface area contributed by atoms with Crippen molar-refractivity contribution < 1.29 is 33.9 Å². The predicted octanol–water partition coefficient (Wildman–Crippen LogP) is 2.82. The van der Waals surface area contributed by atoms with Gasteiger partial charge in [0.1, 0.15) is 23.0 Å². The van der Waals surface area contributed by atoms with Crippen molar-refractivity contribution in [2.75, 3.05) is 13.1 Å². The monoisotopic (exact) mass is 716 g/mol. The van der Waals surface area contributed by atoms with Crippen molar-refractivity contribution in [2.24, 2.45) is 0 Å². The predicted molar refractivity (Wildman–Crippen MR) is 190 cm³/mol. The van der Waals surface area contributed by atoms with Crippen LogP contribution < -0.4 is 21.3 Å². The van der Waals surface area contributed by atoms with Crippen LogP contribution in [0.2, 0.25) is 0 Å². The Morgan fingerprint density at radius 2 is 1.63 bits per heavy atom. The Kier molecular flexibility index (Phi) is 12.5. The third kappa shape index (κ3) is 9.78. The van der Waals surface area contributed by atoms with E-state index in [1.807, 2.05) is 60.7 Å². The molecule has 2 aliphatic heterocycles. The lowest BCUT2D eigenvalue weighted by molar-refractivity contribution is -0.145. The summed E-state index contributed by atoms with van der Waals surface area (Å²) in [6.07, 6.45) is 1.06. The Morgan fingerprint density at radius 1 is 0.961 bits per heavy atom. The van der Waals surface area contributed by atoms with Crippen LogP contribution in [-0.2, 0) is 24.0 Å². The average molecular weight is 717 g/mol. The van der Waals surface area contributed by atoms with Crippen molar-refractivity contribution in [3.63, 3.8) is 0 Å². The van der Waals surface area contributed by atoms with Crippen LogP contribution in [0.25, 0.3) is 0 Å². The Balaban J connectivity index is 1.41. The molecule has 13 nitrogen and oxygen atoms in total. The summed E-state index contributed by atoms with van der Waals surface area (Å²) in [4.78, 5) is 85.9. The number of carboxylic acids is 1. The van der Waals surface area contributed by atoms with Gasteiger partial charge >= 0.3 is 5.97 Å². The Bertz CT molecular complexity index is 1690. The van der Waals surface area contributed by atoms with Gasteiger partial charge in [-0.15, -0.1) is 11.3 Å². The second kappa shape index (κ2) is 17.2.